The Morgan fingerprint density at radius 2 is 1.71 bits per heavy atom. The van der Waals surface area contributed by atoms with Crippen molar-refractivity contribution in [2.75, 3.05) is 18.0 Å². The minimum Gasteiger partial charge on any atom is -0.464 e. The number of nitrogens with one attached hydrogen (secondary N) is 1. The number of furan rings is 1. The van der Waals surface area contributed by atoms with Crippen molar-refractivity contribution in [2.45, 2.75) is 69.0 Å². The zero-order valence-corrected chi connectivity index (χ0v) is 24.3. The predicted octanol–water partition coefficient (Wildman–Crippen LogP) is 3.95. The molecule has 4 aromatic rings. The molecule has 0 radical (unpaired) electrons. The molecule has 1 N–H and O–H groups in total. The average molecular weight is 591 g/mol. The van der Waals surface area contributed by atoms with Gasteiger partial charge in [0.1, 0.15) is 23.6 Å². The Balaban J connectivity index is 1.40. The molecule has 42 heavy (non-hydrogen) atoms. The summed E-state index contributed by atoms with van der Waals surface area (Å²) >= 11 is 0. The van der Waals surface area contributed by atoms with E-state index in [1.54, 1.807) is 31.2 Å². The first-order chi connectivity index (χ1) is 20.3. The van der Waals surface area contributed by atoms with Crippen molar-refractivity contribution >= 4 is 38.6 Å². The summed E-state index contributed by atoms with van der Waals surface area (Å²) in [7, 11) is -3.66. The summed E-state index contributed by atoms with van der Waals surface area (Å²) in [6, 6.07) is 15.8. The topological polar surface area (TPSA) is 131 Å². The first-order valence-electron chi connectivity index (χ1n) is 14.4. The number of rotatable bonds is 9. The lowest BCUT2D eigenvalue weighted by atomic mass is 10.1. The molecule has 1 unspecified atom stereocenters. The third kappa shape index (κ3) is 5.56. The van der Waals surface area contributed by atoms with Crippen LogP contribution in [0.25, 0.3) is 11.0 Å². The Kier molecular flexibility index (Phi) is 7.82. The number of nitrogens with zero attached hydrogens (tertiary/aromatic N) is 5. The summed E-state index contributed by atoms with van der Waals surface area (Å²) in [6.45, 7) is 2.56. The fourth-order valence-electron chi connectivity index (χ4n) is 5.86. The minimum absolute atomic E-state index is 0.0141. The number of amides is 2. The van der Waals surface area contributed by atoms with Gasteiger partial charge in [0.25, 0.3) is 5.91 Å². The Hall–Kier alpha value is -4.03. The molecule has 1 saturated heterocycles. The van der Waals surface area contributed by atoms with E-state index in [4.69, 9.17) is 4.42 Å². The van der Waals surface area contributed by atoms with Crippen molar-refractivity contribution in [2.24, 2.45) is 0 Å². The third-order valence-electron chi connectivity index (χ3n) is 8.03. The molecular formula is C30H34N6O5S. The lowest BCUT2D eigenvalue weighted by molar-refractivity contribution is -0.127. The van der Waals surface area contributed by atoms with E-state index in [0.717, 1.165) is 38.5 Å². The van der Waals surface area contributed by atoms with Gasteiger partial charge < -0.3 is 9.73 Å². The smallest absolute Gasteiger partial charge is 0.251 e. The highest BCUT2D eigenvalue weighted by molar-refractivity contribution is 7.89. The van der Waals surface area contributed by atoms with Crippen LogP contribution in [0, 0.1) is 6.92 Å². The molecule has 2 aromatic carbocycles. The molecule has 12 heteroatoms. The lowest BCUT2D eigenvalue weighted by Gasteiger charge is -2.31. The van der Waals surface area contributed by atoms with Crippen LogP contribution in [0.1, 0.15) is 56.1 Å². The van der Waals surface area contributed by atoms with Crippen molar-refractivity contribution in [3.8, 4) is 0 Å². The van der Waals surface area contributed by atoms with E-state index in [1.807, 2.05) is 24.3 Å². The zero-order chi connectivity index (χ0) is 29.3. The maximum atomic E-state index is 14.2. The highest BCUT2D eigenvalue weighted by Crippen LogP contribution is 2.32. The van der Waals surface area contributed by atoms with Gasteiger partial charge in [-0.15, -0.1) is 5.10 Å². The highest BCUT2D eigenvalue weighted by Gasteiger charge is 2.37. The van der Waals surface area contributed by atoms with Gasteiger partial charge in [-0.3, -0.25) is 14.5 Å². The molecule has 2 amide bonds. The van der Waals surface area contributed by atoms with E-state index in [1.165, 1.54) is 26.0 Å². The zero-order valence-electron chi connectivity index (χ0n) is 23.5. The molecule has 1 aliphatic carbocycles. The van der Waals surface area contributed by atoms with Gasteiger partial charge in [-0.1, -0.05) is 30.2 Å². The van der Waals surface area contributed by atoms with E-state index in [2.05, 4.69) is 15.6 Å². The second-order valence-electron chi connectivity index (χ2n) is 10.9. The summed E-state index contributed by atoms with van der Waals surface area (Å²) in [5.74, 6) is 0.127. The number of para-hydroxylation sites is 1. The van der Waals surface area contributed by atoms with Crippen molar-refractivity contribution in [1.29, 1.82) is 0 Å². The summed E-state index contributed by atoms with van der Waals surface area (Å²) in [5, 5.41) is 11.5. The first-order valence-corrected chi connectivity index (χ1v) is 15.8. The van der Waals surface area contributed by atoms with Gasteiger partial charge in [-0.25, -0.2) is 13.1 Å². The largest absolute Gasteiger partial charge is 0.464 e. The molecule has 11 nitrogen and oxygen atoms in total. The quantitative estimate of drug-likeness (QED) is 0.312. The van der Waals surface area contributed by atoms with E-state index >= 15 is 0 Å². The number of aryl methyl sites for hydroxylation is 1. The average Bonchev–Trinajstić information content (AvgIpc) is 3.81. The van der Waals surface area contributed by atoms with Gasteiger partial charge in [0.2, 0.25) is 15.9 Å². The standard InChI is InChI=1S/C30H34N6O5S/c1-21-12-17-27(41-21)29(30(38)31-22-8-2-3-9-22)36(28(37)20-35-26-11-5-4-10-25(26)32-33-35)23-13-15-24(16-14-23)42(39,40)34-18-6-7-19-34/h4-5,10-17,22,29H,2-3,6-9,18-20H2,1H3,(H,31,38). The monoisotopic (exact) mass is 590 g/mol. The second-order valence-corrected chi connectivity index (χ2v) is 12.9. The number of sulfonamides is 1. The van der Waals surface area contributed by atoms with E-state index < -0.39 is 22.0 Å². The number of fused-ring (bicyclic) bond motifs is 1. The first kappa shape index (κ1) is 28.1. The molecule has 1 aliphatic heterocycles. The predicted molar refractivity (Wildman–Crippen MR) is 156 cm³/mol. The lowest BCUT2D eigenvalue weighted by Crippen LogP contribution is -2.47. The van der Waals surface area contributed by atoms with Crippen molar-refractivity contribution in [3.63, 3.8) is 0 Å². The van der Waals surface area contributed by atoms with Crippen molar-refractivity contribution in [1.82, 2.24) is 24.6 Å². The number of anilines is 1. The normalized spacial score (nSPS) is 17.1. The number of carbonyl (C=O) groups excluding carboxylic acids is 2. The maximum Gasteiger partial charge on any atom is 0.251 e. The molecule has 0 bridgehead atoms. The van der Waals surface area contributed by atoms with Crippen LogP contribution in [0.3, 0.4) is 0 Å². The number of hydrogen-bond acceptors (Lipinski definition) is 7. The van der Waals surface area contributed by atoms with Gasteiger partial charge >= 0.3 is 0 Å². The molecule has 2 aromatic heterocycles. The summed E-state index contributed by atoms with van der Waals surface area (Å²) < 4.78 is 35.3. The fraction of sp³-hybridized carbons (Fsp3) is 0.400. The molecule has 2 fully saturated rings. The Labute approximate surface area is 244 Å². The van der Waals surface area contributed by atoms with Crippen LogP contribution in [0.15, 0.2) is 70.0 Å². The van der Waals surface area contributed by atoms with Crippen LogP contribution in [0.2, 0.25) is 0 Å². The van der Waals surface area contributed by atoms with Crippen LogP contribution in [-0.4, -0.2) is 58.7 Å². The second kappa shape index (κ2) is 11.7. The van der Waals surface area contributed by atoms with Gasteiger partial charge in [0.15, 0.2) is 6.04 Å². The number of carbonyl (C=O) groups is 2. The molecule has 2 aliphatic rings. The molecule has 220 valence electrons. The molecule has 1 saturated carbocycles. The van der Waals surface area contributed by atoms with Crippen LogP contribution in [0.4, 0.5) is 5.69 Å². The SMILES string of the molecule is Cc1ccc(C(C(=O)NC2CCCC2)N(C(=O)Cn2nnc3ccccc32)c2ccc(S(=O)(=O)N3CCCC3)cc2)o1. The maximum absolute atomic E-state index is 14.2. The van der Waals surface area contributed by atoms with Gasteiger partial charge in [-0.2, -0.15) is 4.31 Å². The van der Waals surface area contributed by atoms with Crippen LogP contribution >= 0.6 is 0 Å². The van der Waals surface area contributed by atoms with E-state index in [9.17, 15) is 18.0 Å². The van der Waals surface area contributed by atoms with Crippen molar-refractivity contribution in [3.05, 3.63) is 72.2 Å². The minimum atomic E-state index is -3.66. The Morgan fingerprint density at radius 1 is 1.00 bits per heavy atom. The Morgan fingerprint density at radius 3 is 2.40 bits per heavy atom. The molecule has 1 atom stereocenters. The van der Waals surface area contributed by atoms with Gasteiger partial charge in [0.05, 0.1) is 10.4 Å². The molecule has 0 spiro atoms. The highest BCUT2D eigenvalue weighted by atomic mass is 32.2. The van der Waals surface area contributed by atoms with Crippen LogP contribution in [0.5, 0.6) is 0 Å². The summed E-state index contributed by atoms with van der Waals surface area (Å²) in [6.07, 6.45) is 5.47. The summed E-state index contributed by atoms with van der Waals surface area (Å²) in [5.41, 5.74) is 1.69. The Bertz CT molecular complexity index is 1680. The van der Waals surface area contributed by atoms with Gasteiger partial charge in [-0.05, 0) is 81.1 Å². The number of aromatic nitrogens is 3. The molecule has 6 rings (SSSR count). The molecule has 3 heterocycles. The van der Waals surface area contributed by atoms with Crippen LogP contribution < -0.4 is 10.2 Å². The van der Waals surface area contributed by atoms with Crippen molar-refractivity contribution < 1.29 is 22.4 Å². The number of hydrogen-bond donors (Lipinski definition) is 1. The van der Waals surface area contributed by atoms with E-state index in [-0.39, 0.29) is 23.4 Å². The third-order valence-corrected chi connectivity index (χ3v) is 9.94. The van der Waals surface area contributed by atoms with E-state index in [0.29, 0.717) is 41.3 Å². The van der Waals surface area contributed by atoms with Crippen LogP contribution in [-0.2, 0) is 26.2 Å². The number of benzene rings is 2. The summed E-state index contributed by atoms with van der Waals surface area (Å²) in [4.78, 5) is 29.7. The fourth-order valence-corrected chi connectivity index (χ4v) is 7.37. The van der Waals surface area contributed by atoms with Gasteiger partial charge in [0, 0.05) is 24.8 Å². The molecular weight excluding hydrogens is 556 g/mol.